The van der Waals surface area contributed by atoms with Crippen LogP contribution < -0.4 is 10.6 Å². The lowest BCUT2D eigenvalue weighted by Crippen LogP contribution is -2.35. The Morgan fingerprint density at radius 3 is 1.64 bits per heavy atom. The van der Waals surface area contributed by atoms with Crippen LogP contribution in [0.25, 0.3) is 22.3 Å². The van der Waals surface area contributed by atoms with Gasteiger partial charge in [0.05, 0.1) is 11.2 Å². The lowest BCUT2D eigenvalue weighted by Gasteiger charge is -2.27. The van der Waals surface area contributed by atoms with Gasteiger partial charge in [0, 0.05) is 34.9 Å². The third-order valence-corrected chi connectivity index (χ3v) is 12.5. The van der Waals surface area contributed by atoms with Crippen molar-refractivity contribution in [2.24, 2.45) is 5.73 Å². The molecule has 2 N–H and O–H groups in total. The molecule has 2 fully saturated rings. The summed E-state index contributed by atoms with van der Waals surface area (Å²) in [5, 5.41) is 0. The predicted octanol–water partition coefficient (Wildman–Crippen LogP) is 13.7. The van der Waals surface area contributed by atoms with E-state index in [1.807, 2.05) is 6.20 Å². The zero-order valence-corrected chi connectivity index (χ0v) is 32.5. The number of nitrogens with two attached hydrogens (primary N) is 1. The van der Waals surface area contributed by atoms with Gasteiger partial charge in [0.15, 0.2) is 0 Å². The van der Waals surface area contributed by atoms with Gasteiger partial charge in [-0.15, -0.1) is 0 Å². The molecule has 4 nitrogen and oxygen atoms in total. The SMILES string of the molecule is CCCCc1ccc(-c2ccc(N(c3ccc(C4CCCCC4)cc3)c3ccc(C4CCCCC4)cc3)nc2)c(-c2ccc(C(N)(CC)CC)nc2)c1. The molecule has 0 spiro atoms. The minimum Gasteiger partial charge on any atom is -0.320 e. The van der Waals surface area contributed by atoms with Gasteiger partial charge in [0.1, 0.15) is 5.82 Å². The summed E-state index contributed by atoms with van der Waals surface area (Å²) in [6.45, 7) is 6.54. The third kappa shape index (κ3) is 8.44. The molecule has 0 atom stereocenters. The average molecular weight is 705 g/mol. The number of aromatic nitrogens is 2. The molecule has 5 aromatic rings. The summed E-state index contributed by atoms with van der Waals surface area (Å²) in [4.78, 5) is 12.5. The van der Waals surface area contributed by atoms with Crippen molar-refractivity contribution < 1.29 is 0 Å². The maximum atomic E-state index is 6.74. The first kappa shape index (κ1) is 37.1. The van der Waals surface area contributed by atoms with E-state index in [0.717, 1.165) is 53.3 Å². The first-order valence-corrected chi connectivity index (χ1v) is 20.8. The highest BCUT2D eigenvalue weighted by Crippen LogP contribution is 2.40. The molecule has 2 saturated carbocycles. The summed E-state index contributed by atoms with van der Waals surface area (Å²) in [6.07, 6.45) is 22.6. The van der Waals surface area contributed by atoms with Crippen LogP contribution in [0.2, 0.25) is 0 Å². The van der Waals surface area contributed by atoms with Gasteiger partial charge in [-0.1, -0.05) is 114 Å². The Balaban J connectivity index is 1.23. The Morgan fingerprint density at radius 1 is 0.604 bits per heavy atom. The van der Waals surface area contributed by atoms with E-state index in [1.165, 1.54) is 105 Å². The number of unbranched alkanes of at least 4 members (excludes halogenated alkanes) is 1. The van der Waals surface area contributed by atoms with Crippen molar-refractivity contribution in [3.8, 4) is 22.3 Å². The van der Waals surface area contributed by atoms with Crippen LogP contribution in [0.15, 0.2) is 103 Å². The van der Waals surface area contributed by atoms with Gasteiger partial charge in [-0.25, -0.2) is 4.98 Å². The van der Waals surface area contributed by atoms with Crippen LogP contribution in [-0.4, -0.2) is 9.97 Å². The molecule has 2 aliphatic rings. The van der Waals surface area contributed by atoms with Crippen LogP contribution in [-0.2, 0) is 12.0 Å². The van der Waals surface area contributed by atoms with Crippen molar-refractivity contribution in [2.45, 2.75) is 134 Å². The van der Waals surface area contributed by atoms with Crippen molar-refractivity contribution in [3.63, 3.8) is 0 Å². The minimum absolute atomic E-state index is 0.400. The van der Waals surface area contributed by atoms with Gasteiger partial charge in [0.25, 0.3) is 0 Å². The number of hydrogen-bond acceptors (Lipinski definition) is 4. The van der Waals surface area contributed by atoms with Crippen LogP contribution in [0.5, 0.6) is 0 Å². The van der Waals surface area contributed by atoms with Crippen LogP contribution in [0, 0.1) is 0 Å². The van der Waals surface area contributed by atoms with E-state index in [2.05, 4.69) is 123 Å². The number of hydrogen-bond donors (Lipinski definition) is 1. The lowest BCUT2D eigenvalue weighted by atomic mass is 9.84. The number of benzene rings is 3. The van der Waals surface area contributed by atoms with Gasteiger partial charge >= 0.3 is 0 Å². The maximum absolute atomic E-state index is 6.74. The van der Waals surface area contributed by atoms with Crippen molar-refractivity contribution in [1.29, 1.82) is 0 Å². The van der Waals surface area contributed by atoms with E-state index in [-0.39, 0.29) is 0 Å². The summed E-state index contributed by atoms with van der Waals surface area (Å²) in [6, 6.07) is 34.4. The zero-order chi connectivity index (χ0) is 36.6. The summed E-state index contributed by atoms with van der Waals surface area (Å²) in [7, 11) is 0. The van der Waals surface area contributed by atoms with Crippen molar-refractivity contribution in [2.75, 3.05) is 4.90 Å². The molecule has 0 radical (unpaired) electrons. The number of nitrogens with zero attached hydrogens (tertiary/aromatic N) is 3. The van der Waals surface area contributed by atoms with Crippen molar-refractivity contribution in [1.82, 2.24) is 9.97 Å². The molecule has 2 aromatic heterocycles. The van der Waals surface area contributed by atoms with Gasteiger partial charge < -0.3 is 5.73 Å². The molecular weight excluding hydrogens is 645 g/mol. The summed E-state index contributed by atoms with van der Waals surface area (Å²) in [5.74, 6) is 2.29. The molecule has 0 aliphatic heterocycles. The smallest absolute Gasteiger partial charge is 0.137 e. The number of pyridine rings is 2. The van der Waals surface area contributed by atoms with Crippen molar-refractivity contribution >= 4 is 17.2 Å². The van der Waals surface area contributed by atoms with E-state index in [9.17, 15) is 0 Å². The van der Waals surface area contributed by atoms with Crippen LogP contribution in [0.1, 0.15) is 145 Å². The van der Waals surface area contributed by atoms with Gasteiger partial charge in [-0.3, -0.25) is 9.88 Å². The fraction of sp³-hybridized carbons (Fsp3) is 0.429. The second-order valence-electron chi connectivity index (χ2n) is 15.9. The highest BCUT2D eigenvalue weighted by molar-refractivity contribution is 5.84. The van der Waals surface area contributed by atoms with Crippen LogP contribution in [0.3, 0.4) is 0 Å². The van der Waals surface area contributed by atoms with Crippen molar-refractivity contribution in [3.05, 3.63) is 126 Å². The fourth-order valence-corrected chi connectivity index (χ4v) is 8.83. The fourth-order valence-electron chi connectivity index (χ4n) is 8.83. The highest BCUT2D eigenvalue weighted by Gasteiger charge is 2.25. The quantitative estimate of drug-likeness (QED) is 0.133. The van der Waals surface area contributed by atoms with E-state index in [0.29, 0.717) is 11.8 Å². The molecule has 53 heavy (non-hydrogen) atoms. The number of rotatable bonds is 13. The molecule has 0 saturated heterocycles. The molecule has 0 unspecified atom stereocenters. The third-order valence-electron chi connectivity index (χ3n) is 12.5. The Hall–Kier alpha value is -4.28. The predicted molar refractivity (Wildman–Crippen MR) is 224 cm³/mol. The normalized spacial score (nSPS) is 15.8. The number of anilines is 3. The summed E-state index contributed by atoms with van der Waals surface area (Å²) < 4.78 is 0. The van der Waals surface area contributed by atoms with Crippen LogP contribution >= 0.6 is 0 Å². The number of aryl methyl sites for hydroxylation is 1. The molecule has 7 rings (SSSR count). The average Bonchev–Trinajstić information content (AvgIpc) is 3.24. The molecular formula is C49H60N4. The highest BCUT2D eigenvalue weighted by atomic mass is 15.2. The van der Waals surface area contributed by atoms with Gasteiger partial charge in [-0.2, -0.15) is 0 Å². The lowest BCUT2D eigenvalue weighted by molar-refractivity contribution is 0.401. The van der Waals surface area contributed by atoms with E-state index >= 15 is 0 Å². The van der Waals surface area contributed by atoms with E-state index in [4.69, 9.17) is 15.7 Å². The molecule has 3 aromatic carbocycles. The topological polar surface area (TPSA) is 55.0 Å². The first-order valence-electron chi connectivity index (χ1n) is 20.8. The Kier molecular flexibility index (Phi) is 12.1. The molecule has 4 heteroatoms. The monoisotopic (exact) mass is 704 g/mol. The van der Waals surface area contributed by atoms with E-state index in [1.54, 1.807) is 0 Å². The Morgan fingerprint density at radius 2 is 1.15 bits per heavy atom. The minimum atomic E-state index is -0.400. The second-order valence-corrected chi connectivity index (χ2v) is 15.9. The molecule has 2 aliphatic carbocycles. The summed E-state index contributed by atoms with van der Waals surface area (Å²) >= 11 is 0. The summed E-state index contributed by atoms with van der Waals surface area (Å²) in [5.41, 5.74) is 18.5. The molecule has 0 bridgehead atoms. The zero-order valence-electron chi connectivity index (χ0n) is 32.5. The van der Waals surface area contributed by atoms with E-state index < -0.39 is 5.54 Å². The second kappa shape index (κ2) is 17.2. The Bertz CT molecular complexity index is 1820. The molecule has 0 amide bonds. The molecule has 2 heterocycles. The standard InChI is InChI=1S/C49H60N4/c1-4-7-14-36-19-30-45(46(33-36)42-24-31-47(51-34-42)49(50,5-2)6-3)41-25-32-48(52-35-41)53(43-26-20-39(21-27-43)37-15-10-8-11-16-37)44-28-22-40(23-29-44)38-17-12-9-13-18-38/h19-35,37-38H,4-18,50H2,1-3H3. The molecule has 276 valence electrons. The largest absolute Gasteiger partial charge is 0.320 e. The maximum Gasteiger partial charge on any atom is 0.137 e. The van der Waals surface area contributed by atoms with Gasteiger partial charge in [-0.05, 0) is 133 Å². The van der Waals surface area contributed by atoms with Crippen LogP contribution in [0.4, 0.5) is 17.2 Å². The Labute approximate surface area is 319 Å². The van der Waals surface area contributed by atoms with Gasteiger partial charge in [0.2, 0.25) is 0 Å². The first-order chi connectivity index (χ1) is 26.0.